The maximum Gasteiger partial charge on any atom is 0.254 e. The minimum atomic E-state index is 0.153. The van der Waals surface area contributed by atoms with Gasteiger partial charge in [-0.1, -0.05) is 6.92 Å². The Labute approximate surface area is 108 Å². The highest BCUT2D eigenvalue weighted by Crippen LogP contribution is 2.24. The van der Waals surface area contributed by atoms with Crippen molar-refractivity contribution in [2.24, 2.45) is 5.84 Å². The van der Waals surface area contributed by atoms with Crippen LogP contribution < -0.4 is 11.3 Å². The lowest BCUT2D eigenvalue weighted by Crippen LogP contribution is -2.35. The standard InChI is InChI=1S/C14H21N3O/c1-3-12-5-4-8-17(12)14(18)13-7-6-11(16-15)9-10(13)2/h6-7,9,12,16H,3-5,8,15H2,1-2H3. The second kappa shape index (κ2) is 5.40. The molecular weight excluding hydrogens is 226 g/mol. The average molecular weight is 247 g/mol. The van der Waals surface area contributed by atoms with Crippen molar-refractivity contribution in [1.82, 2.24) is 4.90 Å². The SMILES string of the molecule is CCC1CCCN1C(=O)c1ccc(NN)cc1C. The first-order valence-corrected chi connectivity index (χ1v) is 6.55. The molecule has 0 bridgehead atoms. The Morgan fingerprint density at radius 2 is 2.33 bits per heavy atom. The third-order valence-corrected chi connectivity index (χ3v) is 3.73. The van der Waals surface area contributed by atoms with Crippen molar-refractivity contribution in [3.05, 3.63) is 29.3 Å². The van der Waals surface area contributed by atoms with Gasteiger partial charge in [-0.15, -0.1) is 0 Å². The van der Waals surface area contributed by atoms with E-state index in [4.69, 9.17) is 5.84 Å². The van der Waals surface area contributed by atoms with Gasteiger partial charge in [0.15, 0.2) is 0 Å². The molecule has 1 saturated heterocycles. The van der Waals surface area contributed by atoms with Crippen LogP contribution in [0.4, 0.5) is 5.69 Å². The summed E-state index contributed by atoms with van der Waals surface area (Å²) in [6, 6.07) is 6.02. The molecule has 0 aromatic heterocycles. The molecule has 4 nitrogen and oxygen atoms in total. The fourth-order valence-electron chi connectivity index (χ4n) is 2.68. The summed E-state index contributed by atoms with van der Waals surface area (Å²) < 4.78 is 0. The molecule has 1 aliphatic rings. The van der Waals surface area contributed by atoms with Crippen LogP contribution in [-0.4, -0.2) is 23.4 Å². The van der Waals surface area contributed by atoms with E-state index in [0.29, 0.717) is 6.04 Å². The van der Waals surface area contributed by atoms with Gasteiger partial charge < -0.3 is 10.3 Å². The van der Waals surface area contributed by atoms with Crippen molar-refractivity contribution in [3.8, 4) is 0 Å². The van der Waals surface area contributed by atoms with Crippen LogP contribution in [0.3, 0.4) is 0 Å². The van der Waals surface area contributed by atoms with Crippen LogP contribution in [-0.2, 0) is 0 Å². The van der Waals surface area contributed by atoms with Crippen LogP contribution >= 0.6 is 0 Å². The highest BCUT2D eigenvalue weighted by Gasteiger charge is 2.28. The summed E-state index contributed by atoms with van der Waals surface area (Å²) in [6.45, 7) is 4.98. The monoisotopic (exact) mass is 247 g/mol. The first-order valence-electron chi connectivity index (χ1n) is 6.55. The summed E-state index contributed by atoms with van der Waals surface area (Å²) in [6.07, 6.45) is 3.28. The van der Waals surface area contributed by atoms with Gasteiger partial charge in [0.2, 0.25) is 0 Å². The van der Waals surface area contributed by atoms with Gasteiger partial charge in [0.25, 0.3) is 5.91 Å². The number of nitrogen functional groups attached to an aromatic ring is 1. The number of hydrazine groups is 1. The number of amides is 1. The second-order valence-electron chi connectivity index (χ2n) is 4.88. The Morgan fingerprint density at radius 3 is 2.94 bits per heavy atom. The largest absolute Gasteiger partial charge is 0.336 e. The number of likely N-dealkylation sites (tertiary alicyclic amines) is 1. The minimum Gasteiger partial charge on any atom is -0.336 e. The minimum absolute atomic E-state index is 0.153. The van der Waals surface area contributed by atoms with Crippen LogP contribution in [0, 0.1) is 6.92 Å². The second-order valence-corrected chi connectivity index (χ2v) is 4.88. The van der Waals surface area contributed by atoms with Gasteiger partial charge in [0, 0.05) is 23.8 Å². The smallest absolute Gasteiger partial charge is 0.254 e. The number of nitrogens with two attached hydrogens (primary N) is 1. The third-order valence-electron chi connectivity index (χ3n) is 3.73. The van der Waals surface area contributed by atoms with Gasteiger partial charge in [0.05, 0.1) is 0 Å². The molecule has 18 heavy (non-hydrogen) atoms. The van der Waals surface area contributed by atoms with Crippen molar-refractivity contribution in [1.29, 1.82) is 0 Å². The molecule has 98 valence electrons. The molecule has 1 aromatic carbocycles. The molecule has 1 fully saturated rings. The van der Waals surface area contributed by atoms with Gasteiger partial charge in [-0.3, -0.25) is 10.6 Å². The summed E-state index contributed by atoms with van der Waals surface area (Å²) >= 11 is 0. The topological polar surface area (TPSA) is 58.4 Å². The number of benzene rings is 1. The summed E-state index contributed by atoms with van der Waals surface area (Å²) in [5.41, 5.74) is 5.19. The van der Waals surface area contributed by atoms with E-state index in [2.05, 4.69) is 12.3 Å². The Balaban J connectivity index is 2.23. The van der Waals surface area contributed by atoms with E-state index in [-0.39, 0.29) is 5.91 Å². The summed E-state index contributed by atoms with van der Waals surface area (Å²) in [4.78, 5) is 14.5. The Hall–Kier alpha value is -1.55. The van der Waals surface area contributed by atoms with E-state index in [9.17, 15) is 4.79 Å². The number of hydrogen-bond acceptors (Lipinski definition) is 3. The van der Waals surface area contributed by atoms with Gasteiger partial charge in [-0.25, -0.2) is 0 Å². The quantitative estimate of drug-likeness (QED) is 0.636. The van der Waals surface area contributed by atoms with Gasteiger partial charge in [0.1, 0.15) is 0 Å². The average Bonchev–Trinajstić information content (AvgIpc) is 2.86. The van der Waals surface area contributed by atoms with Crippen molar-refractivity contribution in [3.63, 3.8) is 0 Å². The Kier molecular flexibility index (Phi) is 3.87. The Bertz CT molecular complexity index is 445. The van der Waals surface area contributed by atoms with E-state index in [1.54, 1.807) is 0 Å². The molecule has 4 heteroatoms. The number of rotatable bonds is 3. The zero-order valence-corrected chi connectivity index (χ0v) is 11.1. The molecule has 1 heterocycles. The Morgan fingerprint density at radius 1 is 1.56 bits per heavy atom. The molecule has 0 radical (unpaired) electrons. The number of anilines is 1. The van der Waals surface area contributed by atoms with Crippen molar-refractivity contribution in [2.45, 2.75) is 39.2 Å². The number of hydrogen-bond donors (Lipinski definition) is 2. The van der Waals surface area contributed by atoms with Crippen LogP contribution in [0.5, 0.6) is 0 Å². The van der Waals surface area contributed by atoms with Gasteiger partial charge in [-0.2, -0.15) is 0 Å². The molecule has 1 amide bonds. The maximum atomic E-state index is 12.5. The number of aryl methyl sites for hydroxylation is 1. The van der Waals surface area contributed by atoms with E-state index < -0.39 is 0 Å². The van der Waals surface area contributed by atoms with E-state index in [0.717, 1.165) is 42.6 Å². The molecule has 1 unspecified atom stereocenters. The zero-order chi connectivity index (χ0) is 13.1. The highest BCUT2D eigenvalue weighted by molar-refractivity contribution is 5.96. The first kappa shape index (κ1) is 12.9. The van der Waals surface area contributed by atoms with Crippen LogP contribution in [0.15, 0.2) is 18.2 Å². The van der Waals surface area contributed by atoms with Crippen LogP contribution in [0.1, 0.15) is 42.1 Å². The lowest BCUT2D eigenvalue weighted by atomic mass is 10.1. The maximum absolute atomic E-state index is 12.5. The number of carbonyl (C=O) groups is 1. The summed E-state index contributed by atoms with van der Waals surface area (Å²) in [5, 5.41) is 0. The van der Waals surface area contributed by atoms with Crippen LogP contribution in [0.2, 0.25) is 0 Å². The zero-order valence-electron chi connectivity index (χ0n) is 11.1. The van der Waals surface area contributed by atoms with Crippen molar-refractivity contribution in [2.75, 3.05) is 12.0 Å². The van der Waals surface area contributed by atoms with Crippen molar-refractivity contribution >= 4 is 11.6 Å². The summed E-state index contributed by atoms with van der Waals surface area (Å²) in [5.74, 6) is 5.52. The van der Waals surface area contributed by atoms with E-state index >= 15 is 0 Å². The molecule has 1 aromatic rings. The molecule has 1 aliphatic heterocycles. The molecule has 0 spiro atoms. The fourth-order valence-corrected chi connectivity index (χ4v) is 2.68. The lowest BCUT2D eigenvalue weighted by Gasteiger charge is -2.24. The molecule has 0 aliphatic carbocycles. The highest BCUT2D eigenvalue weighted by atomic mass is 16.2. The third kappa shape index (κ3) is 2.34. The first-order chi connectivity index (χ1) is 8.67. The summed E-state index contributed by atoms with van der Waals surface area (Å²) in [7, 11) is 0. The number of carbonyl (C=O) groups excluding carboxylic acids is 1. The number of nitrogens with zero attached hydrogens (tertiary/aromatic N) is 1. The molecule has 0 saturated carbocycles. The predicted octanol–water partition coefficient (Wildman–Crippen LogP) is 2.30. The molecule has 2 rings (SSSR count). The molecule has 1 atom stereocenters. The van der Waals surface area contributed by atoms with E-state index in [1.807, 2.05) is 30.0 Å². The predicted molar refractivity (Wildman–Crippen MR) is 73.3 cm³/mol. The number of nitrogens with one attached hydrogen (secondary N) is 1. The fraction of sp³-hybridized carbons (Fsp3) is 0.500. The van der Waals surface area contributed by atoms with Crippen molar-refractivity contribution < 1.29 is 4.79 Å². The van der Waals surface area contributed by atoms with Crippen LogP contribution in [0.25, 0.3) is 0 Å². The van der Waals surface area contributed by atoms with E-state index in [1.165, 1.54) is 0 Å². The lowest BCUT2D eigenvalue weighted by molar-refractivity contribution is 0.0733. The normalized spacial score (nSPS) is 19.1. The van der Waals surface area contributed by atoms with Gasteiger partial charge in [-0.05, 0) is 49.9 Å². The molecule has 3 N–H and O–H groups in total. The van der Waals surface area contributed by atoms with Gasteiger partial charge >= 0.3 is 0 Å². The molecular formula is C14H21N3O.